The van der Waals surface area contributed by atoms with Crippen LogP contribution in [0.2, 0.25) is 5.02 Å². The summed E-state index contributed by atoms with van der Waals surface area (Å²) in [7, 11) is 0. The van der Waals surface area contributed by atoms with Crippen molar-refractivity contribution in [3.8, 4) is 0 Å². The molecule has 3 aromatic rings. The summed E-state index contributed by atoms with van der Waals surface area (Å²) >= 11 is 5.98. The molecular formula is C31H30ClF3N4O4. The predicted molar refractivity (Wildman–Crippen MR) is 156 cm³/mol. The number of hydrogen-bond acceptors (Lipinski definition) is 4. The molecule has 43 heavy (non-hydrogen) atoms. The second-order valence-corrected chi connectivity index (χ2v) is 10.6. The Morgan fingerprint density at radius 1 is 0.837 bits per heavy atom. The average Bonchev–Trinajstić information content (AvgIpc) is 3.13. The van der Waals surface area contributed by atoms with E-state index in [1.807, 2.05) is 48.5 Å². The van der Waals surface area contributed by atoms with Crippen molar-refractivity contribution < 1.29 is 32.7 Å². The van der Waals surface area contributed by atoms with E-state index in [-0.39, 0.29) is 18.4 Å². The van der Waals surface area contributed by atoms with Crippen LogP contribution in [0, 0.1) is 5.41 Å². The highest BCUT2D eigenvalue weighted by Gasteiger charge is 2.38. The molecule has 0 atom stereocenters. The number of alkyl halides is 3. The monoisotopic (exact) mass is 614 g/mol. The SMILES string of the molecule is N=C(c1ccc(CN2C(=O)CN(C(=O)c3ccc(Cl)cc3)Cc3ccccc32)cc1)N1CCCCC1.O=C(O)C(F)(F)F. The standard InChI is InChI=1S/C29H29ClN4O2.C2HF3O2/c30-25-14-12-23(13-15-25)29(36)33-19-24-6-2-3-7-26(24)34(27(35)20-33)18-21-8-10-22(11-9-21)28(31)32-16-4-1-5-17-32;3-2(4,5)1(6)7/h2-3,6-15,31H,1,4-5,16-20H2;(H,6,7). The second-order valence-electron chi connectivity index (χ2n) is 10.2. The number of aliphatic carboxylic acids is 1. The minimum Gasteiger partial charge on any atom is -0.475 e. The lowest BCUT2D eigenvalue weighted by atomic mass is 10.1. The van der Waals surface area contributed by atoms with Crippen LogP contribution in [0.25, 0.3) is 0 Å². The van der Waals surface area contributed by atoms with E-state index in [1.165, 1.54) is 6.42 Å². The largest absolute Gasteiger partial charge is 0.490 e. The van der Waals surface area contributed by atoms with Crippen LogP contribution in [0.4, 0.5) is 18.9 Å². The van der Waals surface area contributed by atoms with Gasteiger partial charge in [-0.15, -0.1) is 0 Å². The highest BCUT2D eigenvalue weighted by molar-refractivity contribution is 6.30. The van der Waals surface area contributed by atoms with Crippen molar-refractivity contribution >= 4 is 40.9 Å². The number of amidine groups is 1. The molecule has 0 aliphatic carbocycles. The molecule has 8 nitrogen and oxygen atoms in total. The van der Waals surface area contributed by atoms with Gasteiger partial charge in [0, 0.05) is 41.5 Å². The minimum absolute atomic E-state index is 0.00612. The van der Waals surface area contributed by atoms with E-state index in [0.717, 1.165) is 48.3 Å². The molecule has 0 saturated carbocycles. The Balaban J connectivity index is 0.000000541. The van der Waals surface area contributed by atoms with Crippen LogP contribution in [-0.4, -0.2) is 64.3 Å². The summed E-state index contributed by atoms with van der Waals surface area (Å²) in [4.78, 5) is 41.0. The lowest BCUT2D eigenvalue weighted by molar-refractivity contribution is -0.192. The maximum Gasteiger partial charge on any atom is 0.490 e. The lowest BCUT2D eigenvalue weighted by Gasteiger charge is -2.29. The molecule has 0 radical (unpaired) electrons. The Bertz CT molecular complexity index is 1470. The van der Waals surface area contributed by atoms with Gasteiger partial charge in [0.05, 0.1) is 6.54 Å². The zero-order valence-electron chi connectivity index (χ0n) is 23.1. The number of carboxylic acids is 1. The van der Waals surface area contributed by atoms with Gasteiger partial charge in [-0.2, -0.15) is 13.2 Å². The molecule has 2 aliphatic rings. The van der Waals surface area contributed by atoms with Crippen LogP contribution in [0.3, 0.4) is 0 Å². The topological polar surface area (TPSA) is 105 Å². The van der Waals surface area contributed by atoms with Crippen LogP contribution < -0.4 is 4.90 Å². The van der Waals surface area contributed by atoms with Gasteiger partial charge in [-0.05, 0) is 60.7 Å². The number of para-hydroxylation sites is 1. The maximum absolute atomic E-state index is 13.4. The molecule has 0 bridgehead atoms. The molecule has 2 heterocycles. The van der Waals surface area contributed by atoms with E-state index in [2.05, 4.69) is 4.90 Å². The zero-order valence-corrected chi connectivity index (χ0v) is 23.9. The molecule has 5 rings (SSSR count). The molecule has 2 aliphatic heterocycles. The molecule has 1 saturated heterocycles. The van der Waals surface area contributed by atoms with Crippen molar-refractivity contribution in [2.24, 2.45) is 0 Å². The minimum atomic E-state index is -5.08. The number of amides is 2. The second kappa shape index (κ2) is 13.7. The van der Waals surface area contributed by atoms with Gasteiger partial charge in [-0.25, -0.2) is 4.79 Å². The van der Waals surface area contributed by atoms with Crippen LogP contribution in [-0.2, 0) is 22.7 Å². The summed E-state index contributed by atoms with van der Waals surface area (Å²) in [5, 5.41) is 16.3. The lowest BCUT2D eigenvalue weighted by Crippen LogP contribution is -2.39. The number of halogens is 4. The number of piperidine rings is 1. The third-order valence-electron chi connectivity index (χ3n) is 7.13. The first kappa shape index (κ1) is 31.6. The van der Waals surface area contributed by atoms with Gasteiger partial charge in [0.15, 0.2) is 0 Å². The molecule has 2 N–H and O–H groups in total. The first-order valence-electron chi connectivity index (χ1n) is 13.6. The van der Waals surface area contributed by atoms with Gasteiger partial charge in [0.1, 0.15) is 12.4 Å². The van der Waals surface area contributed by atoms with Crippen molar-refractivity contribution in [3.05, 3.63) is 100 Å². The number of hydrogen-bond donors (Lipinski definition) is 2. The number of nitrogens with zero attached hydrogens (tertiary/aromatic N) is 3. The van der Waals surface area contributed by atoms with E-state index in [4.69, 9.17) is 26.9 Å². The molecule has 12 heteroatoms. The molecule has 0 unspecified atom stereocenters. The van der Waals surface area contributed by atoms with E-state index in [9.17, 15) is 22.8 Å². The Morgan fingerprint density at radius 3 is 2.02 bits per heavy atom. The first-order valence-corrected chi connectivity index (χ1v) is 14.0. The molecule has 1 fully saturated rings. The predicted octanol–water partition coefficient (Wildman–Crippen LogP) is 5.97. The number of rotatable bonds is 4. The Morgan fingerprint density at radius 2 is 1.42 bits per heavy atom. The van der Waals surface area contributed by atoms with Gasteiger partial charge in [-0.3, -0.25) is 15.0 Å². The van der Waals surface area contributed by atoms with Gasteiger partial charge < -0.3 is 19.8 Å². The fourth-order valence-electron chi connectivity index (χ4n) is 4.90. The smallest absolute Gasteiger partial charge is 0.475 e. The number of carbonyl (C=O) groups excluding carboxylic acids is 2. The number of carboxylic acid groups (broad SMARTS) is 1. The number of carbonyl (C=O) groups is 3. The number of fused-ring (bicyclic) bond motifs is 1. The van der Waals surface area contributed by atoms with Crippen molar-refractivity contribution in [1.82, 2.24) is 9.80 Å². The quantitative estimate of drug-likeness (QED) is 0.278. The normalized spacial score (nSPS) is 15.2. The summed E-state index contributed by atoms with van der Waals surface area (Å²) in [6.45, 7) is 2.62. The summed E-state index contributed by atoms with van der Waals surface area (Å²) in [5.41, 5.74) is 4.12. The van der Waals surface area contributed by atoms with Gasteiger partial charge in [0.25, 0.3) is 5.91 Å². The van der Waals surface area contributed by atoms with Crippen LogP contribution >= 0.6 is 11.6 Å². The van der Waals surface area contributed by atoms with Crippen LogP contribution in [0.15, 0.2) is 72.8 Å². The third-order valence-corrected chi connectivity index (χ3v) is 7.38. The Hall–Kier alpha value is -4.38. The van der Waals surface area contributed by atoms with E-state index in [1.54, 1.807) is 34.1 Å². The summed E-state index contributed by atoms with van der Waals surface area (Å²) in [6.07, 6.45) is -1.58. The highest BCUT2D eigenvalue weighted by Crippen LogP contribution is 2.28. The fourth-order valence-corrected chi connectivity index (χ4v) is 5.02. The summed E-state index contributed by atoms with van der Waals surface area (Å²) < 4.78 is 31.7. The van der Waals surface area contributed by atoms with E-state index < -0.39 is 12.1 Å². The summed E-state index contributed by atoms with van der Waals surface area (Å²) in [6, 6.07) is 22.4. The first-order chi connectivity index (χ1) is 20.4. The number of benzene rings is 3. The van der Waals surface area contributed by atoms with Crippen LogP contribution in [0.5, 0.6) is 0 Å². The molecule has 2 amide bonds. The number of nitrogens with one attached hydrogen (secondary N) is 1. The summed E-state index contributed by atoms with van der Waals surface area (Å²) in [5.74, 6) is -2.52. The van der Waals surface area contributed by atoms with Gasteiger partial charge in [-0.1, -0.05) is 54.1 Å². The van der Waals surface area contributed by atoms with Crippen molar-refractivity contribution in [1.29, 1.82) is 5.41 Å². The van der Waals surface area contributed by atoms with Crippen LogP contribution in [0.1, 0.15) is 46.3 Å². The maximum atomic E-state index is 13.4. The van der Waals surface area contributed by atoms with E-state index >= 15 is 0 Å². The molecule has 0 spiro atoms. The molecule has 3 aromatic carbocycles. The molecule has 226 valence electrons. The van der Waals surface area contributed by atoms with Crippen molar-refractivity contribution in [2.75, 3.05) is 24.5 Å². The van der Waals surface area contributed by atoms with Gasteiger partial charge >= 0.3 is 12.1 Å². The molecule has 0 aromatic heterocycles. The van der Waals surface area contributed by atoms with Crippen molar-refractivity contribution in [2.45, 2.75) is 38.5 Å². The average molecular weight is 615 g/mol. The zero-order chi connectivity index (χ0) is 31.1. The highest BCUT2D eigenvalue weighted by atomic mass is 35.5. The molecular weight excluding hydrogens is 585 g/mol. The number of anilines is 1. The third kappa shape index (κ3) is 8.13. The Kier molecular flexibility index (Phi) is 10.1. The fraction of sp³-hybridized carbons (Fsp3) is 0.290. The Labute approximate surface area is 251 Å². The number of likely N-dealkylation sites (tertiary alicyclic amines) is 1. The van der Waals surface area contributed by atoms with Crippen molar-refractivity contribution in [3.63, 3.8) is 0 Å². The van der Waals surface area contributed by atoms with Gasteiger partial charge in [0.2, 0.25) is 5.91 Å². The van der Waals surface area contributed by atoms with E-state index in [0.29, 0.717) is 29.5 Å².